The molecule has 1 saturated carbocycles. The van der Waals surface area contributed by atoms with E-state index in [-0.39, 0.29) is 12.5 Å². The molecule has 1 heterocycles. The van der Waals surface area contributed by atoms with Gasteiger partial charge in [-0.3, -0.25) is 9.69 Å². The summed E-state index contributed by atoms with van der Waals surface area (Å²) in [5.74, 6) is 0.0401. The van der Waals surface area contributed by atoms with Crippen LogP contribution in [0.1, 0.15) is 32.1 Å². The third-order valence-electron chi connectivity index (χ3n) is 4.37. The van der Waals surface area contributed by atoms with Gasteiger partial charge in [0, 0.05) is 26.2 Å². The van der Waals surface area contributed by atoms with E-state index < -0.39 is 5.41 Å². The van der Waals surface area contributed by atoms with Crippen molar-refractivity contribution in [2.75, 3.05) is 39.3 Å². The number of aliphatic hydroxyl groups is 1. The summed E-state index contributed by atoms with van der Waals surface area (Å²) >= 11 is 0. The van der Waals surface area contributed by atoms with Gasteiger partial charge < -0.3 is 10.0 Å². The molecule has 5 nitrogen and oxygen atoms in total. The SMILES string of the molecule is N#CC1(C(=O)N2CCCN(CCO)CC2)CCCC1. The Balaban J connectivity index is 1.98. The molecular formula is C14H23N3O2. The average Bonchev–Trinajstić information content (AvgIpc) is 2.80. The Kier molecular flexibility index (Phi) is 4.78. The van der Waals surface area contributed by atoms with Crippen LogP contribution in [-0.2, 0) is 4.79 Å². The number of hydrogen-bond acceptors (Lipinski definition) is 4. The summed E-state index contributed by atoms with van der Waals surface area (Å²) in [6, 6.07) is 2.29. The highest BCUT2D eigenvalue weighted by molar-refractivity contribution is 5.85. The highest BCUT2D eigenvalue weighted by atomic mass is 16.3. The van der Waals surface area contributed by atoms with Crippen LogP contribution in [0.2, 0.25) is 0 Å². The van der Waals surface area contributed by atoms with Gasteiger partial charge in [0.05, 0.1) is 12.7 Å². The lowest BCUT2D eigenvalue weighted by atomic mass is 9.86. The lowest BCUT2D eigenvalue weighted by Crippen LogP contribution is -2.44. The number of hydrogen-bond donors (Lipinski definition) is 1. The number of nitrogens with zero attached hydrogens (tertiary/aromatic N) is 3. The molecule has 0 unspecified atom stereocenters. The van der Waals surface area contributed by atoms with Gasteiger partial charge in [-0.2, -0.15) is 5.26 Å². The number of amides is 1. The molecule has 19 heavy (non-hydrogen) atoms. The summed E-state index contributed by atoms with van der Waals surface area (Å²) in [7, 11) is 0. The van der Waals surface area contributed by atoms with Crippen molar-refractivity contribution in [2.45, 2.75) is 32.1 Å². The Morgan fingerprint density at radius 2 is 1.89 bits per heavy atom. The maximum atomic E-state index is 12.6. The van der Waals surface area contributed by atoms with E-state index in [1.807, 2.05) is 4.90 Å². The van der Waals surface area contributed by atoms with Crippen LogP contribution in [0.4, 0.5) is 0 Å². The summed E-state index contributed by atoms with van der Waals surface area (Å²) < 4.78 is 0. The molecule has 2 rings (SSSR count). The number of aliphatic hydroxyl groups excluding tert-OH is 1. The zero-order valence-electron chi connectivity index (χ0n) is 11.5. The molecule has 2 fully saturated rings. The first-order chi connectivity index (χ1) is 9.22. The molecule has 5 heteroatoms. The van der Waals surface area contributed by atoms with E-state index in [4.69, 9.17) is 5.11 Å². The van der Waals surface area contributed by atoms with Crippen LogP contribution in [0.3, 0.4) is 0 Å². The molecule has 1 aliphatic carbocycles. The van der Waals surface area contributed by atoms with Crippen molar-refractivity contribution >= 4 is 5.91 Å². The topological polar surface area (TPSA) is 67.6 Å². The van der Waals surface area contributed by atoms with Crippen molar-refractivity contribution in [1.82, 2.24) is 9.80 Å². The molecule has 1 N–H and O–H groups in total. The van der Waals surface area contributed by atoms with Crippen LogP contribution in [0.15, 0.2) is 0 Å². The fourth-order valence-corrected chi connectivity index (χ4v) is 3.19. The molecule has 2 aliphatic rings. The first kappa shape index (κ1) is 14.3. The molecule has 0 aromatic rings. The Hall–Kier alpha value is -1.12. The van der Waals surface area contributed by atoms with Crippen molar-refractivity contribution in [3.8, 4) is 6.07 Å². The van der Waals surface area contributed by atoms with Crippen LogP contribution in [0.25, 0.3) is 0 Å². The highest BCUT2D eigenvalue weighted by Gasteiger charge is 2.44. The predicted octanol–water partition coefficient (Wildman–Crippen LogP) is 0.597. The monoisotopic (exact) mass is 265 g/mol. The molecule has 106 valence electrons. The maximum Gasteiger partial charge on any atom is 0.243 e. The Morgan fingerprint density at radius 1 is 1.16 bits per heavy atom. The molecule has 0 spiro atoms. The van der Waals surface area contributed by atoms with Gasteiger partial charge in [-0.15, -0.1) is 0 Å². The predicted molar refractivity (Wildman–Crippen MR) is 71.2 cm³/mol. The lowest BCUT2D eigenvalue weighted by molar-refractivity contribution is -0.138. The fraction of sp³-hybridized carbons (Fsp3) is 0.857. The molecule has 0 atom stereocenters. The number of carbonyl (C=O) groups excluding carboxylic acids is 1. The van der Waals surface area contributed by atoms with E-state index in [2.05, 4.69) is 11.0 Å². The number of nitriles is 1. The van der Waals surface area contributed by atoms with Gasteiger partial charge in [-0.05, 0) is 25.8 Å². The van der Waals surface area contributed by atoms with E-state index in [0.717, 1.165) is 51.7 Å². The molecule has 1 saturated heterocycles. The molecule has 0 bridgehead atoms. The zero-order chi connectivity index (χ0) is 13.7. The standard InChI is InChI=1S/C14H23N3O2/c15-12-14(4-1-2-5-14)13(19)17-7-3-6-16(8-9-17)10-11-18/h18H,1-11H2. The van der Waals surface area contributed by atoms with Crippen molar-refractivity contribution in [3.05, 3.63) is 0 Å². The number of rotatable bonds is 3. The van der Waals surface area contributed by atoms with E-state index in [1.54, 1.807) is 0 Å². The largest absolute Gasteiger partial charge is 0.395 e. The third-order valence-corrected chi connectivity index (χ3v) is 4.37. The second-order valence-corrected chi connectivity index (χ2v) is 5.61. The quantitative estimate of drug-likeness (QED) is 0.811. The van der Waals surface area contributed by atoms with Crippen molar-refractivity contribution in [1.29, 1.82) is 5.26 Å². The molecule has 0 radical (unpaired) electrons. The van der Waals surface area contributed by atoms with Crippen LogP contribution in [-0.4, -0.2) is 60.1 Å². The summed E-state index contributed by atoms with van der Waals surface area (Å²) in [6.45, 7) is 3.98. The van der Waals surface area contributed by atoms with Crippen molar-refractivity contribution in [3.63, 3.8) is 0 Å². The minimum absolute atomic E-state index is 0.0401. The fourth-order valence-electron chi connectivity index (χ4n) is 3.19. The van der Waals surface area contributed by atoms with Crippen LogP contribution in [0, 0.1) is 16.7 Å². The molecule has 1 aliphatic heterocycles. The Labute approximate surface area is 114 Å². The number of carbonyl (C=O) groups is 1. The smallest absolute Gasteiger partial charge is 0.243 e. The van der Waals surface area contributed by atoms with Gasteiger partial charge >= 0.3 is 0 Å². The Bertz CT molecular complexity index is 358. The maximum absolute atomic E-state index is 12.6. The third kappa shape index (κ3) is 3.07. The summed E-state index contributed by atoms with van der Waals surface area (Å²) in [5.41, 5.74) is -0.744. The average molecular weight is 265 g/mol. The van der Waals surface area contributed by atoms with E-state index in [1.165, 1.54) is 0 Å². The minimum Gasteiger partial charge on any atom is -0.395 e. The normalized spacial score (nSPS) is 23.9. The zero-order valence-corrected chi connectivity index (χ0v) is 11.5. The first-order valence-corrected chi connectivity index (χ1v) is 7.26. The van der Waals surface area contributed by atoms with E-state index in [9.17, 15) is 10.1 Å². The minimum atomic E-state index is -0.744. The van der Waals surface area contributed by atoms with Gasteiger partial charge in [0.2, 0.25) is 5.91 Å². The lowest BCUT2D eigenvalue weighted by Gasteiger charge is -2.28. The molecular weight excluding hydrogens is 242 g/mol. The van der Waals surface area contributed by atoms with Gasteiger partial charge in [-0.1, -0.05) is 12.8 Å². The van der Waals surface area contributed by atoms with Crippen molar-refractivity contribution < 1.29 is 9.90 Å². The summed E-state index contributed by atoms with van der Waals surface area (Å²) in [5, 5.41) is 18.4. The van der Waals surface area contributed by atoms with Gasteiger partial charge in [0.25, 0.3) is 0 Å². The Morgan fingerprint density at radius 3 is 2.53 bits per heavy atom. The molecule has 0 aromatic heterocycles. The van der Waals surface area contributed by atoms with Gasteiger partial charge in [-0.25, -0.2) is 0 Å². The van der Waals surface area contributed by atoms with E-state index >= 15 is 0 Å². The van der Waals surface area contributed by atoms with E-state index in [0.29, 0.717) is 13.1 Å². The second kappa shape index (κ2) is 6.36. The van der Waals surface area contributed by atoms with Gasteiger partial charge in [0.15, 0.2) is 0 Å². The van der Waals surface area contributed by atoms with Crippen LogP contribution >= 0.6 is 0 Å². The molecule has 0 aromatic carbocycles. The highest BCUT2D eigenvalue weighted by Crippen LogP contribution is 2.39. The van der Waals surface area contributed by atoms with Crippen molar-refractivity contribution in [2.24, 2.45) is 5.41 Å². The van der Waals surface area contributed by atoms with Crippen LogP contribution in [0.5, 0.6) is 0 Å². The summed E-state index contributed by atoms with van der Waals surface area (Å²) in [6.07, 6.45) is 4.35. The number of β-amino-alcohol motifs (C(OH)–C–C–N with tert-alkyl or cyclic N) is 1. The first-order valence-electron chi connectivity index (χ1n) is 7.26. The second-order valence-electron chi connectivity index (χ2n) is 5.61. The van der Waals surface area contributed by atoms with Crippen LogP contribution < -0.4 is 0 Å². The van der Waals surface area contributed by atoms with Gasteiger partial charge in [0.1, 0.15) is 5.41 Å². The molecule has 1 amide bonds. The summed E-state index contributed by atoms with van der Waals surface area (Å²) in [4.78, 5) is 16.7.